The highest BCUT2D eigenvalue weighted by atomic mass is 16.5. The average Bonchev–Trinajstić information content (AvgIpc) is 2.81. The molecule has 20 heavy (non-hydrogen) atoms. The number of nitrogens with one attached hydrogen (secondary N) is 1. The maximum absolute atomic E-state index is 12.1. The Hall–Kier alpha value is -1.55. The minimum absolute atomic E-state index is 0.0561. The first-order chi connectivity index (χ1) is 9.52. The number of ether oxygens (including phenoxy) is 1. The zero-order valence-corrected chi connectivity index (χ0v) is 12.5. The van der Waals surface area contributed by atoms with Gasteiger partial charge in [0, 0.05) is 0 Å². The van der Waals surface area contributed by atoms with Crippen LogP contribution in [0.25, 0.3) is 0 Å². The molecule has 1 aliphatic rings. The van der Waals surface area contributed by atoms with Crippen molar-refractivity contribution in [3.63, 3.8) is 0 Å². The fourth-order valence-electron chi connectivity index (χ4n) is 2.86. The third-order valence-corrected chi connectivity index (χ3v) is 3.83. The third kappa shape index (κ3) is 3.12. The second-order valence-corrected chi connectivity index (χ2v) is 5.86. The number of hydrogen-bond donors (Lipinski definition) is 2. The Balaban J connectivity index is 2.06. The van der Waals surface area contributed by atoms with E-state index in [0.29, 0.717) is 12.3 Å². The van der Waals surface area contributed by atoms with Gasteiger partial charge in [0.25, 0.3) is 0 Å². The maximum Gasteiger partial charge on any atom is 0.237 e. The topological polar surface area (TPSA) is 64.3 Å². The summed E-state index contributed by atoms with van der Waals surface area (Å²) in [7, 11) is 1.68. The number of hydrogen-bond acceptors (Lipinski definition) is 3. The van der Waals surface area contributed by atoms with Crippen LogP contribution in [0.3, 0.4) is 0 Å². The molecule has 1 amide bonds. The summed E-state index contributed by atoms with van der Waals surface area (Å²) in [6.07, 6.45) is 2.56. The summed E-state index contributed by atoms with van der Waals surface area (Å²) in [5.41, 5.74) is 8.30. The summed E-state index contributed by atoms with van der Waals surface area (Å²) in [4.78, 5) is 12.1. The van der Waals surface area contributed by atoms with Crippen molar-refractivity contribution in [1.82, 2.24) is 5.32 Å². The third-order valence-electron chi connectivity index (χ3n) is 3.83. The minimum atomic E-state index is -0.426. The largest absolute Gasteiger partial charge is 0.496 e. The summed E-state index contributed by atoms with van der Waals surface area (Å²) in [5, 5.41) is 3.07. The number of benzene rings is 1. The van der Waals surface area contributed by atoms with E-state index in [4.69, 9.17) is 10.5 Å². The van der Waals surface area contributed by atoms with Crippen LogP contribution < -0.4 is 15.8 Å². The van der Waals surface area contributed by atoms with Crippen LogP contribution in [0.2, 0.25) is 0 Å². The SMILES string of the molecule is COc1cccc2c1CCC2NC(=O)[C@@H](N)CC(C)C. The number of nitrogens with two attached hydrogens (primary N) is 1. The molecule has 2 rings (SSSR count). The molecule has 0 aliphatic heterocycles. The lowest BCUT2D eigenvalue weighted by molar-refractivity contribution is -0.123. The standard InChI is InChI=1S/C16H24N2O2/c1-10(2)9-13(17)16(19)18-14-8-7-12-11(14)5-4-6-15(12)20-3/h4-6,10,13-14H,7-9,17H2,1-3H3,(H,18,19)/t13-,14?/m0/s1. The molecule has 0 aromatic heterocycles. The van der Waals surface area contributed by atoms with Crippen LogP contribution in [-0.4, -0.2) is 19.1 Å². The molecule has 110 valence electrons. The van der Waals surface area contributed by atoms with Gasteiger partial charge in [-0.15, -0.1) is 0 Å². The van der Waals surface area contributed by atoms with Gasteiger partial charge < -0.3 is 15.8 Å². The Morgan fingerprint density at radius 1 is 1.50 bits per heavy atom. The van der Waals surface area contributed by atoms with Gasteiger partial charge >= 0.3 is 0 Å². The summed E-state index contributed by atoms with van der Waals surface area (Å²) in [5.74, 6) is 1.27. The number of fused-ring (bicyclic) bond motifs is 1. The van der Waals surface area contributed by atoms with Gasteiger partial charge in [-0.25, -0.2) is 0 Å². The van der Waals surface area contributed by atoms with Crippen LogP contribution in [0.4, 0.5) is 0 Å². The lowest BCUT2D eigenvalue weighted by Crippen LogP contribution is -2.42. The fourth-order valence-corrected chi connectivity index (χ4v) is 2.86. The number of rotatable bonds is 5. The molecule has 4 heteroatoms. The van der Waals surface area contributed by atoms with E-state index < -0.39 is 6.04 Å². The molecule has 2 atom stereocenters. The van der Waals surface area contributed by atoms with Crippen molar-refractivity contribution in [2.75, 3.05) is 7.11 Å². The van der Waals surface area contributed by atoms with Gasteiger partial charge in [-0.2, -0.15) is 0 Å². The molecule has 1 aliphatic carbocycles. The van der Waals surface area contributed by atoms with Gasteiger partial charge in [-0.05, 0) is 42.4 Å². The predicted octanol–water partition coefficient (Wildman–Crippen LogP) is 2.17. The lowest BCUT2D eigenvalue weighted by Gasteiger charge is -2.19. The van der Waals surface area contributed by atoms with Crippen molar-refractivity contribution < 1.29 is 9.53 Å². The summed E-state index contributed by atoms with van der Waals surface area (Å²) >= 11 is 0. The first-order valence-electron chi connectivity index (χ1n) is 7.24. The highest BCUT2D eigenvalue weighted by Gasteiger charge is 2.27. The number of amides is 1. The molecule has 0 saturated carbocycles. The highest BCUT2D eigenvalue weighted by molar-refractivity contribution is 5.82. The van der Waals surface area contributed by atoms with E-state index in [1.807, 2.05) is 12.1 Å². The van der Waals surface area contributed by atoms with E-state index in [0.717, 1.165) is 24.2 Å². The number of carbonyl (C=O) groups is 1. The molecule has 1 unspecified atom stereocenters. The van der Waals surface area contributed by atoms with Gasteiger partial charge in [0.2, 0.25) is 5.91 Å². The quantitative estimate of drug-likeness (QED) is 0.866. The fraction of sp³-hybridized carbons (Fsp3) is 0.562. The molecule has 4 nitrogen and oxygen atoms in total. The highest BCUT2D eigenvalue weighted by Crippen LogP contribution is 2.36. The Morgan fingerprint density at radius 3 is 2.90 bits per heavy atom. The monoisotopic (exact) mass is 276 g/mol. The zero-order valence-electron chi connectivity index (χ0n) is 12.5. The van der Waals surface area contributed by atoms with Crippen molar-refractivity contribution in [2.24, 2.45) is 11.7 Å². The van der Waals surface area contributed by atoms with Crippen LogP contribution >= 0.6 is 0 Å². The molecule has 3 N–H and O–H groups in total. The zero-order chi connectivity index (χ0) is 14.7. The van der Waals surface area contributed by atoms with Gasteiger partial charge in [0.1, 0.15) is 5.75 Å². The van der Waals surface area contributed by atoms with Gasteiger partial charge in [-0.1, -0.05) is 26.0 Å². The molecular formula is C16H24N2O2. The van der Waals surface area contributed by atoms with Crippen molar-refractivity contribution in [1.29, 1.82) is 0 Å². The number of methoxy groups -OCH3 is 1. The van der Waals surface area contributed by atoms with Gasteiger partial charge in [0.15, 0.2) is 0 Å². The molecule has 0 heterocycles. The molecular weight excluding hydrogens is 252 g/mol. The normalized spacial score (nSPS) is 18.8. The maximum atomic E-state index is 12.1. The smallest absolute Gasteiger partial charge is 0.237 e. The molecule has 1 aromatic carbocycles. The summed E-state index contributed by atoms with van der Waals surface area (Å²) < 4.78 is 5.37. The first kappa shape index (κ1) is 14.9. The van der Waals surface area contributed by atoms with Crippen LogP contribution in [0, 0.1) is 5.92 Å². The Labute approximate surface area is 120 Å². The van der Waals surface area contributed by atoms with E-state index in [2.05, 4.69) is 25.2 Å². The second-order valence-electron chi connectivity index (χ2n) is 5.86. The van der Waals surface area contributed by atoms with E-state index >= 15 is 0 Å². The Morgan fingerprint density at radius 2 is 2.25 bits per heavy atom. The van der Waals surface area contributed by atoms with Crippen LogP contribution in [-0.2, 0) is 11.2 Å². The van der Waals surface area contributed by atoms with E-state index in [9.17, 15) is 4.79 Å². The van der Waals surface area contributed by atoms with Crippen molar-refractivity contribution >= 4 is 5.91 Å². The number of carbonyl (C=O) groups excluding carboxylic acids is 1. The van der Waals surface area contributed by atoms with Crippen molar-refractivity contribution in [2.45, 2.75) is 45.2 Å². The molecule has 1 aromatic rings. The van der Waals surface area contributed by atoms with Gasteiger partial charge in [-0.3, -0.25) is 4.79 Å². The van der Waals surface area contributed by atoms with E-state index in [1.54, 1.807) is 7.11 Å². The van der Waals surface area contributed by atoms with E-state index in [-0.39, 0.29) is 11.9 Å². The van der Waals surface area contributed by atoms with Crippen LogP contribution in [0.15, 0.2) is 18.2 Å². The molecule has 0 spiro atoms. The predicted molar refractivity (Wildman–Crippen MR) is 79.6 cm³/mol. The summed E-state index contributed by atoms with van der Waals surface area (Å²) in [6, 6.07) is 5.63. The van der Waals surface area contributed by atoms with Crippen molar-refractivity contribution in [3.8, 4) is 5.75 Å². The molecule has 0 radical (unpaired) electrons. The van der Waals surface area contributed by atoms with E-state index in [1.165, 1.54) is 5.56 Å². The Kier molecular flexibility index (Phi) is 4.65. The van der Waals surface area contributed by atoms with Gasteiger partial charge in [0.05, 0.1) is 19.2 Å². The lowest BCUT2D eigenvalue weighted by atomic mass is 10.0. The average molecular weight is 276 g/mol. The first-order valence-corrected chi connectivity index (χ1v) is 7.24. The minimum Gasteiger partial charge on any atom is -0.496 e. The molecule has 0 saturated heterocycles. The molecule has 0 fully saturated rings. The molecule has 0 bridgehead atoms. The Bertz CT molecular complexity index is 485. The van der Waals surface area contributed by atoms with Crippen LogP contribution in [0.1, 0.15) is 43.9 Å². The second kappa shape index (κ2) is 6.27. The van der Waals surface area contributed by atoms with Crippen LogP contribution in [0.5, 0.6) is 5.75 Å². The summed E-state index contributed by atoms with van der Waals surface area (Å²) in [6.45, 7) is 4.14. The van der Waals surface area contributed by atoms with Crippen molar-refractivity contribution in [3.05, 3.63) is 29.3 Å².